The van der Waals surface area contributed by atoms with Gasteiger partial charge in [0.2, 0.25) is 15.9 Å². The average Bonchev–Trinajstić information content (AvgIpc) is 3.17. The lowest BCUT2D eigenvalue weighted by Gasteiger charge is -2.30. The van der Waals surface area contributed by atoms with Crippen molar-refractivity contribution in [2.24, 2.45) is 0 Å². The highest BCUT2D eigenvalue weighted by Gasteiger charge is 2.31. The maximum atomic E-state index is 12.8. The van der Waals surface area contributed by atoms with Crippen LogP contribution >= 0.6 is 0 Å². The van der Waals surface area contributed by atoms with Gasteiger partial charge in [0.25, 0.3) is 5.89 Å². The van der Waals surface area contributed by atoms with E-state index in [1.165, 1.54) is 4.90 Å². The summed E-state index contributed by atoms with van der Waals surface area (Å²) in [7, 11) is -3.44. The Morgan fingerprint density at radius 1 is 1.00 bits per heavy atom. The summed E-state index contributed by atoms with van der Waals surface area (Å²) in [5.41, 5.74) is 3.09. The molecule has 1 aliphatic rings. The number of rotatable bonds is 5. The van der Waals surface area contributed by atoms with Gasteiger partial charge in [0.15, 0.2) is 6.54 Å². The predicted octanol–water partition coefficient (Wildman–Crippen LogP) is 1.44. The van der Waals surface area contributed by atoms with E-state index < -0.39 is 10.0 Å². The van der Waals surface area contributed by atoms with Gasteiger partial charge in [-0.3, -0.25) is 0 Å². The van der Waals surface area contributed by atoms with Crippen LogP contribution in [0, 0.1) is 13.8 Å². The van der Waals surface area contributed by atoms with Crippen LogP contribution < -0.4 is 4.90 Å². The zero-order valence-electron chi connectivity index (χ0n) is 16.6. The largest absolute Gasteiger partial charge is 0.415 e. The second-order valence-electron chi connectivity index (χ2n) is 7.51. The Kier molecular flexibility index (Phi) is 5.49. The summed E-state index contributed by atoms with van der Waals surface area (Å²) in [6.45, 7) is 6.92. The van der Waals surface area contributed by atoms with Crippen LogP contribution in [0.15, 0.2) is 57.8 Å². The first-order chi connectivity index (χ1) is 13.9. The molecule has 29 heavy (non-hydrogen) atoms. The van der Waals surface area contributed by atoms with E-state index >= 15 is 0 Å². The van der Waals surface area contributed by atoms with Gasteiger partial charge in [-0.05, 0) is 38.1 Å². The van der Waals surface area contributed by atoms with Crippen molar-refractivity contribution in [1.29, 1.82) is 0 Å². The lowest BCUT2D eigenvalue weighted by Crippen LogP contribution is -3.13. The standard InChI is InChI=1S/C21H24N4O3S/c1-16-6-8-19(9-7-16)29(26,27)25-12-10-24(11-13-25)15-20-22-23-21(28-20)18-5-3-4-17(2)14-18/h3-9,14H,10-13,15H2,1-2H3/p+1. The van der Waals surface area contributed by atoms with Crippen molar-refractivity contribution in [3.05, 3.63) is 65.5 Å². The predicted molar refractivity (Wildman–Crippen MR) is 109 cm³/mol. The maximum absolute atomic E-state index is 12.8. The Labute approximate surface area is 171 Å². The summed E-state index contributed by atoms with van der Waals surface area (Å²) in [5.74, 6) is 1.09. The summed E-state index contributed by atoms with van der Waals surface area (Å²) in [6.07, 6.45) is 0. The molecule has 0 amide bonds. The first kappa shape index (κ1) is 19.8. The van der Waals surface area contributed by atoms with E-state index in [4.69, 9.17) is 4.42 Å². The van der Waals surface area contributed by atoms with Gasteiger partial charge in [-0.2, -0.15) is 4.31 Å². The molecule has 0 spiro atoms. The first-order valence-electron chi connectivity index (χ1n) is 9.71. The number of nitrogens with one attached hydrogen (secondary N) is 1. The summed E-state index contributed by atoms with van der Waals surface area (Å²) in [4.78, 5) is 1.59. The summed E-state index contributed by atoms with van der Waals surface area (Å²) in [5, 5.41) is 8.33. The minimum Gasteiger partial charge on any atom is -0.415 e. The van der Waals surface area contributed by atoms with E-state index in [0.717, 1.165) is 16.7 Å². The normalized spacial score (nSPS) is 16.2. The molecule has 1 saturated heterocycles. The molecule has 1 fully saturated rings. The van der Waals surface area contributed by atoms with Crippen LogP contribution in [0.25, 0.3) is 11.5 Å². The second kappa shape index (κ2) is 8.06. The van der Waals surface area contributed by atoms with Crippen LogP contribution in [0.3, 0.4) is 0 Å². The van der Waals surface area contributed by atoms with Crippen molar-refractivity contribution in [2.75, 3.05) is 26.2 Å². The summed E-state index contributed by atoms with van der Waals surface area (Å²) in [6, 6.07) is 15.0. The molecular formula is C21H25N4O3S+. The molecule has 2 heterocycles. The Morgan fingerprint density at radius 2 is 1.72 bits per heavy atom. The van der Waals surface area contributed by atoms with Crippen LogP contribution in [-0.2, 0) is 16.6 Å². The fraction of sp³-hybridized carbons (Fsp3) is 0.333. The highest BCUT2D eigenvalue weighted by Crippen LogP contribution is 2.19. The molecule has 3 aromatic rings. The number of aryl methyl sites for hydroxylation is 2. The first-order valence-corrected chi connectivity index (χ1v) is 11.2. The molecule has 0 atom stereocenters. The molecule has 1 N–H and O–H groups in total. The molecule has 1 aromatic heterocycles. The van der Waals surface area contributed by atoms with E-state index in [1.54, 1.807) is 16.4 Å². The minimum absolute atomic E-state index is 0.353. The van der Waals surface area contributed by atoms with Crippen molar-refractivity contribution in [3.8, 4) is 11.5 Å². The van der Waals surface area contributed by atoms with Crippen molar-refractivity contribution in [3.63, 3.8) is 0 Å². The Bertz CT molecular complexity index is 1090. The van der Waals surface area contributed by atoms with E-state index in [0.29, 0.717) is 49.4 Å². The number of sulfonamides is 1. The van der Waals surface area contributed by atoms with Crippen LogP contribution in [0.5, 0.6) is 0 Å². The number of piperazine rings is 1. The smallest absolute Gasteiger partial charge is 0.271 e. The lowest BCUT2D eigenvalue weighted by atomic mass is 10.1. The molecule has 0 saturated carbocycles. The molecular weight excluding hydrogens is 388 g/mol. The topological polar surface area (TPSA) is 80.7 Å². The highest BCUT2D eigenvalue weighted by molar-refractivity contribution is 7.89. The van der Waals surface area contributed by atoms with Gasteiger partial charge >= 0.3 is 0 Å². The zero-order valence-corrected chi connectivity index (χ0v) is 17.4. The number of nitrogens with zero attached hydrogens (tertiary/aromatic N) is 3. The van der Waals surface area contributed by atoms with Gasteiger partial charge in [0.05, 0.1) is 31.1 Å². The third-order valence-corrected chi connectivity index (χ3v) is 7.13. The van der Waals surface area contributed by atoms with E-state index in [2.05, 4.69) is 10.2 Å². The van der Waals surface area contributed by atoms with Crippen molar-refractivity contribution in [2.45, 2.75) is 25.3 Å². The van der Waals surface area contributed by atoms with Gasteiger partial charge in [-0.15, -0.1) is 10.2 Å². The van der Waals surface area contributed by atoms with Crippen molar-refractivity contribution < 1.29 is 17.7 Å². The number of aromatic nitrogens is 2. The lowest BCUT2D eigenvalue weighted by molar-refractivity contribution is -0.918. The molecule has 152 valence electrons. The Morgan fingerprint density at radius 3 is 2.41 bits per heavy atom. The average molecular weight is 414 g/mol. The van der Waals surface area contributed by atoms with E-state index in [9.17, 15) is 8.42 Å². The summed E-state index contributed by atoms with van der Waals surface area (Å²) < 4.78 is 33.0. The van der Waals surface area contributed by atoms with Gasteiger partial charge < -0.3 is 9.32 Å². The van der Waals surface area contributed by atoms with Crippen molar-refractivity contribution >= 4 is 10.0 Å². The van der Waals surface area contributed by atoms with Gasteiger partial charge in [-0.25, -0.2) is 8.42 Å². The molecule has 1 aliphatic heterocycles. The maximum Gasteiger partial charge on any atom is 0.271 e. The van der Waals surface area contributed by atoms with Gasteiger partial charge in [0.1, 0.15) is 0 Å². The van der Waals surface area contributed by atoms with E-state index in [-0.39, 0.29) is 0 Å². The fourth-order valence-electron chi connectivity index (χ4n) is 3.51. The molecule has 0 aliphatic carbocycles. The highest BCUT2D eigenvalue weighted by atomic mass is 32.2. The molecule has 7 nitrogen and oxygen atoms in total. The van der Waals surface area contributed by atoms with Gasteiger partial charge in [-0.1, -0.05) is 35.4 Å². The molecule has 4 rings (SSSR count). The second-order valence-corrected chi connectivity index (χ2v) is 9.45. The quantitative estimate of drug-likeness (QED) is 0.685. The zero-order chi connectivity index (χ0) is 20.4. The third kappa shape index (κ3) is 4.39. The van der Waals surface area contributed by atoms with Crippen molar-refractivity contribution in [1.82, 2.24) is 14.5 Å². The van der Waals surface area contributed by atoms with Crippen LogP contribution in [0.2, 0.25) is 0 Å². The molecule has 8 heteroatoms. The SMILES string of the molecule is Cc1ccc(S(=O)(=O)N2CC[NH+](Cc3nnc(-c4cccc(C)c4)o3)CC2)cc1. The number of benzene rings is 2. The van der Waals surface area contributed by atoms with Gasteiger partial charge in [0, 0.05) is 5.56 Å². The third-order valence-electron chi connectivity index (χ3n) is 5.22. The minimum atomic E-state index is -3.44. The number of hydrogen-bond acceptors (Lipinski definition) is 5. The van der Waals surface area contributed by atoms with Crippen LogP contribution in [-0.4, -0.2) is 49.1 Å². The van der Waals surface area contributed by atoms with Crippen LogP contribution in [0.4, 0.5) is 0 Å². The van der Waals surface area contributed by atoms with Crippen LogP contribution in [0.1, 0.15) is 17.0 Å². The Hall–Kier alpha value is -2.55. The number of hydrogen-bond donors (Lipinski definition) is 1. The Balaban J connectivity index is 1.37. The molecule has 0 unspecified atom stereocenters. The fourth-order valence-corrected chi connectivity index (χ4v) is 4.95. The monoisotopic (exact) mass is 413 g/mol. The molecule has 0 radical (unpaired) electrons. The molecule has 0 bridgehead atoms. The van der Waals surface area contributed by atoms with E-state index in [1.807, 2.05) is 50.2 Å². The molecule has 2 aromatic carbocycles. The summed E-state index contributed by atoms with van der Waals surface area (Å²) >= 11 is 0. The number of quaternary nitrogens is 1.